The van der Waals surface area contributed by atoms with E-state index >= 15 is 0 Å². The standard InChI is InChI=1S/C88H81N3/c1-3-5-7-9-11-19-58-89-83-54-41-67(34-32-64-28-30-65(31-29-64)38-45-71-46-47-74-49-48-72-22-21-23-73-50-53-78(71)88(74)87(72)73)60-79(83)81-62-69(43-56-85(81)89)36-37-70-44-57-86-82(63-70)80-61-68(42-55-84(80)90(86)59-20-12-10-8-6-4-2)35-33-66-39-51-77(52-40-66)91(75-24-15-13-16-25-75)76-26-17-14-18-27-76/h13-18,21-57,60-63H,3-12,19-20,58-59H2,1-2H3/b34-32+,35-33+,37-36+,45-38+. The molecule has 0 fully saturated rings. The van der Waals surface area contributed by atoms with Gasteiger partial charge in [0.2, 0.25) is 0 Å². The van der Waals surface area contributed by atoms with Gasteiger partial charge in [-0.1, -0.05) is 278 Å². The molecule has 91 heavy (non-hydrogen) atoms. The van der Waals surface area contributed by atoms with Crippen LogP contribution in [0.4, 0.5) is 17.1 Å². The zero-order chi connectivity index (χ0) is 61.3. The van der Waals surface area contributed by atoms with Crippen LogP contribution in [0.15, 0.2) is 237 Å². The number of aromatic nitrogens is 2. The molecule has 3 nitrogen and oxygen atoms in total. The second-order valence-electron chi connectivity index (χ2n) is 25.1. The Kier molecular flexibility index (Phi) is 17.7. The van der Waals surface area contributed by atoms with E-state index in [4.69, 9.17) is 0 Å². The second kappa shape index (κ2) is 27.4. The lowest BCUT2D eigenvalue weighted by Gasteiger charge is -2.25. The highest BCUT2D eigenvalue weighted by atomic mass is 15.1. The molecule has 0 radical (unpaired) electrons. The van der Waals surface area contributed by atoms with Crippen molar-refractivity contribution in [3.8, 4) is 0 Å². The number of aryl methyl sites for hydroxylation is 2. The van der Waals surface area contributed by atoms with E-state index in [1.807, 2.05) is 0 Å². The van der Waals surface area contributed by atoms with Gasteiger partial charge in [-0.05, 0) is 175 Å². The summed E-state index contributed by atoms with van der Waals surface area (Å²) >= 11 is 0. The van der Waals surface area contributed by atoms with E-state index in [1.54, 1.807) is 0 Å². The summed E-state index contributed by atoms with van der Waals surface area (Å²) in [5.41, 5.74) is 18.2. The summed E-state index contributed by atoms with van der Waals surface area (Å²) in [6, 6.07) is 87.6. The van der Waals surface area contributed by atoms with Crippen LogP contribution >= 0.6 is 0 Å². The van der Waals surface area contributed by atoms with Gasteiger partial charge >= 0.3 is 0 Å². The first-order valence-electron chi connectivity index (χ1n) is 33.6. The summed E-state index contributed by atoms with van der Waals surface area (Å²) < 4.78 is 5.17. The minimum Gasteiger partial charge on any atom is -0.340 e. The minimum absolute atomic E-state index is 1.02. The SMILES string of the molecule is CCCCCCCCn1c2ccc(/C=C/c3ccc(/C=C/c4ccc5ccc6cccc7ccc4c5c67)cc3)cc2c2cc(/C=C/c3ccc4c(c3)c3cc(/C=C/c5ccc(N(c6ccccc6)c6ccccc6)cc5)ccc3n4CCCCCCCC)ccc21. The third-order valence-corrected chi connectivity index (χ3v) is 18.8. The van der Waals surface area contributed by atoms with Crippen LogP contribution in [0, 0.1) is 0 Å². The lowest BCUT2D eigenvalue weighted by Crippen LogP contribution is -2.09. The number of para-hydroxylation sites is 2. The molecule has 0 atom stereocenters. The zero-order valence-electron chi connectivity index (χ0n) is 52.9. The maximum absolute atomic E-state index is 2.58. The highest BCUT2D eigenvalue weighted by Gasteiger charge is 2.16. The first kappa shape index (κ1) is 58.7. The van der Waals surface area contributed by atoms with Gasteiger partial charge in [-0.2, -0.15) is 0 Å². The Labute approximate surface area is 537 Å². The summed E-state index contributed by atoms with van der Waals surface area (Å²) in [6.45, 7) is 6.64. The summed E-state index contributed by atoms with van der Waals surface area (Å²) in [4.78, 5) is 2.31. The largest absolute Gasteiger partial charge is 0.340 e. The molecule has 3 heteroatoms. The predicted octanol–water partition coefficient (Wildman–Crippen LogP) is 25.7. The fourth-order valence-electron chi connectivity index (χ4n) is 14.0. The number of benzene rings is 12. The Balaban J connectivity index is 0.730. The summed E-state index contributed by atoms with van der Waals surface area (Å²) in [7, 11) is 0. The molecule has 0 bridgehead atoms. The normalized spacial score (nSPS) is 12.3. The molecule has 14 rings (SSSR count). The van der Waals surface area contributed by atoms with E-state index in [2.05, 4.69) is 313 Å². The molecule has 0 aliphatic heterocycles. The van der Waals surface area contributed by atoms with Crippen molar-refractivity contribution in [2.45, 2.75) is 104 Å². The topological polar surface area (TPSA) is 13.1 Å². The summed E-state index contributed by atoms with van der Waals surface area (Å²) in [5, 5.41) is 13.1. The van der Waals surface area contributed by atoms with Crippen LogP contribution in [0.3, 0.4) is 0 Å². The van der Waals surface area contributed by atoms with Gasteiger partial charge in [0.25, 0.3) is 0 Å². The molecule has 0 saturated carbocycles. The molecule has 2 heterocycles. The molecule has 0 amide bonds. The van der Waals surface area contributed by atoms with Crippen LogP contribution < -0.4 is 4.90 Å². The van der Waals surface area contributed by atoms with Crippen LogP contribution in [0.5, 0.6) is 0 Å². The Hall–Kier alpha value is -9.96. The molecule has 2 aromatic heterocycles. The average molecular weight is 1180 g/mol. The molecule has 12 aromatic carbocycles. The van der Waals surface area contributed by atoms with Gasteiger partial charge in [-0.15, -0.1) is 0 Å². The maximum Gasteiger partial charge on any atom is 0.0491 e. The molecule has 448 valence electrons. The van der Waals surface area contributed by atoms with E-state index in [0.717, 1.165) is 30.2 Å². The minimum atomic E-state index is 1.02. The number of fused-ring (bicyclic) bond motifs is 6. The second-order valence-corrected chi connectivity index (χ2v) is 25.1. The fourth-order valence-corrected chi connectivity index (χ4v) is 14.0. The van der Waals surface area contributed by atoms with E-state index in [1.165, 1.54) is 197 Å². The van der Waals surface area contributed by atoms with Crippen LogP contribution in [0.25, 0.3) is 125 Å². The molecular formula is C88H81N3. The monoisotopic (exact) mass is 1180 g/mol. The van der Waals surface area contributed by atoms with Crippen LogP contribution in [-0.4, -0.2) is 9.13 Å². The fraction of sp³-hybridized carbons (Fsp3) is 0.182. The van der Waals surface area contributed by atoms with E-state index in [0.29, 0.717) is 0 Å². The van der Waals surface area contributed by atoms with Gasteiger partial charge in [0.1, 0.15) is 0 Å². The van der Waals surface area contributed by atoms with Gasteiger partial charge in [0, 0.05) is 73.8 Å². The van der Waals surface area contributed by atoms with E-state index in [9.17, 15) is 0 Å². The molecular weight excluding hydrogens is 1100 g/mol. The van der Waals surface area contributed by atoms with Crippen molar-refractivity contribution in [2.24, 2.45) is 0 Å². The summed E-state index contributed by atoms with van der Waals surface area (Å²) in [5.74, 6) is 0. The maximum atomic E-state index is 2.58. The molecule has 0 aliphatic carbocycles. The van der Waals surface area contributed by atoms with Crippen molar-refractivity contribution in [2.75, 3.05) is 4.90 Å². The molecule has 0 N–H and O–H groups in total. The van der Waals surface area contributed by atoms with Crippen molar-refractivity contribution in [1.82, 2.24) is 9.13 Å². The Morgan fingerprint density at radius 1 is 0.264 bits per heavy atom. The van der Waals surface area contributed by atoms with Crippen LogP contribution in [0.1, 0.15) is 135 Å². The third kappa shape index (κ3) is 12.8. The van der Waals surface area contributed by atoms with Gasteiger partial charge < -0.3 is 14.0 Å². The van der Waals surface area contributed by atoms with Crippen LogP contribution in [-0.2, 0) is 13.1 Å². The molecule has 0 aliphatic rings. The van der Waals surface area contributed by atoms with Crippen molar-refractivity contribution < 1.29 is 0 Å². The Bertz CT molecular complexity index is 4880. The number of rotatable bonds is 25. The molecule has 0 spiro atoms. The summed E-state index contributed by atoms with van der Waals surface area (Å²) in [6.07, 6.45) is 33.5. The number of hydrogen-bond donors (Lipinski definition) is 0. The highest BCUT2D eigenvalue weighted by Crippen LogP contribution is 2.39. The van der Waals surface area contributed by atoms with Gasteiger partial charge in [0.15, 0.2) is 0 Å². The highest BCUT2D eigenvalue weighted by molar-refractivity contribution is 6.24. The van der Waals surface area contributed by atoms with Gasteiger partial charge in [-0.3, -0.25) is 0 Å². The van der Waals surface area contributed by atoms with Crippen molar-refractivity contribution in [3.63, 3.8) is 0 Å². The first-order valence-corrected chi connectivity index (χ1v) is 33.6. The lowest BCUT2D eigenvalue weighted by molar-refractivity contribution is 0.571. The average Bonchev–Trinajstić information content (AvgIpc) is 1.88. The first-order chi connectivity index (χ1) is 45.0. The molecule has 0 unspecified atom stereocenters. The van der Waals surface area contributed by atoms with Crippen molar-refractivity contribution >= 4 is 142 Å². The smallest absolute Gasteiger partial charge is 0.0491 e. The number of nitrogens with zero attached hydrogens (tertiary/aromatic N) is 3. The van der Waals surface area contributed by atoms with E-state index in [-0.39, 0.29) is 0 Å². The van der Waals surface area contributed by atoms with E-state index < -0.39 is 0 Å². The Morgan fingerprint density at radius 3 is 1.04 bits per heavy atom. The van der Waals surface area contributed by atoms with Gasteiger partial charge in [0.05, 0.1) is 0 Å². The number of anilines is 3. The molecule has 0 saturated heterocycles. The third-order valence-electron chi connectivity index (χ3n) is 18.8. The molecule has 14 aromatic rings. The predicted molar refractivity (Wildman–Crippen MR) is 399 cm³/mol. The van der Waals surface area contributed by atoms with Crippen molar-refractivity contribution in [3.05, 3.63) is 281 Å². The van der Waals surface area contributed by atoms with Crippen molar-refractivity contribution in [1.29, 1.82) is 0 Å². The lowest BCUT2D eigenvalue weighted by atomic mass is 9.92. The van der Waals surface area contributed by atoms with Crippen LogP contribution in [0.2, 0.25) is 0 Å². The zero-order valence-corrected chi connectivity index (χ0v) is 52.9. The van der Waals surface area contributed by atoms with Gasteiger partial charge in [-0.25, -0.2) is 0 Å². The quantitative estimate of drug-likeness (QED) is 0.0316. The Morgan fingerprint density at radius 2 is 0.604 bits per heavy atom. The number of unbranched alkanes of at least 4 members (excludes halogenated alkanes) is 10. The number of hydrogen-bond acceptors (Lipinski definition) is 1.